The van der Waals surface area contributed by atoms with Crippen molar-refractivity contribution >= 4 is 23.3 Å². The maximum atomic E-state index is 5.75. The molecule has 0 amide bonds. The lowest BCUT2D eigenvalue weighted by Crippen LogP contribution is -2.34. The first kappa shape index (κ1) is 11.3. The van der Waals surface area contributed by atoms with Crippen LogP contribution in [0.15, 0.2) is 35.3 Å². The van der Waals surface area contributed by atoms with Gasteiger partial charge in [0.25, 0.3) is 0 Å². The Bertz CT molecular complexity index is 366. The SMILES string of the molecule is CSC(N)/N=C1/CCN(c2ccccc2)N1. The molecule has 3 N–H and O–H groups in total. The van der Waals surface area contributed by atoms with E-state index in [9.17, 15) is 0 Å². The number of rotatable bonds is 3. The molecule has 1 aromatic carbocycles. The number of nitrogens with one attached hydrogen (secondary N) is 1. The number of nitrogens with two attached hydrogens (primary N) is 1. The fraction of sp³-hybridized carbons (Fsp3) is 0.364. The van der Waals surface area contributed by atoms with Crippen LogP contribution in [0.5, 0.6) is 0 Å². The van der Waals surface area contributed by atoms with E-state index in [-0.39, 0.29) is 5.50 Å². The molecule has 5 heteroatoms. The van der Waals surface area contributed by atoms with Crippen molar-refractivity contribution in [1.29, 1.82) is 0 Å². The molecule has 1 aliphatic rings. The summed E-state index contributed by atoms with van der Waals surface area (Å²) in [6, 6.07) is 10.2. The molecule has 1 heterocycles. The van der Waals surface area contributed by atoms with Gasteiger partial charge >= 0.3 is 0 Å². The van der Waals surface area contributed by atoms with Crippen LogP contribution >= 0.6 is 11.8 Å². The van der Waals surface area contributed by atoms with Crippen LogP contribution in [0, 0.1) is 0 Å². The Kier molecular flexibility index (Phi) is 3.69. The fourth-order valence-corrected chi connectivity index (χ4v) is 1.82. The molecule has 1 aliphatic heterocycles. The lowest BCUT2D eigenvalue weighted by molar-refractivity contribution is 0.854. The van der Waals surface area contributed by atoms with Crippen molar-refractivity contribution in [1.82, 2.24) is 5.43 Å². The van der Waals surface area contributed by atoms with Crippen molar-refractivity contribution in [3.63, 3.8) is 0 Å². The van der Waals surface area contributed by atoms with Gasteiger partial charge in [0.1, 0.15) is 11.3 Å². The molecule has 4 nitrogen and oxygen atoms in total. The van der Waals surface area contributed by atoms with Crippen LogP contribution in [0.1, 0.15) is 6.42 Å². The maximum Gasteiger partial charge on any atom is 0.146 e. The van der Waals surface area contributed by atoms with E-state index in [0.29, 0.717) is 0 Å². The molecule has 2 rings (SSSR count). The highest BCUT2D eigenvalue weighted by Gasteiger charge is 2.17. The van der Waals surface area contributed by atoms with Crippen LogP contribution in [0.2, 0.25) is 0 Å². The zero-order valence-electron chi connectivity index (χ0n) is 9.26. The van der Waals surface area contributed by atoms with Crippen molar-refractivity contribution in [2.75, 3.05) is 17.8 Å². The first-order chi connectivity index (χ1) is 7.79. The second kappa shape index (κ2) is 5.23. The van der Waals surface area contributed by atoms with Gasteiger partial charge in [-0.2, -0.15) is 0 Å². The Labute approximate surface area is 99.9 Å². The van der Waals surface area contributed by atoms with Gasteiger partial charge in [-0.05, 0) is 18.4 Å². The highest BCUT2D eigenvalue weighted by Crippen LogP contribution is 2.15. The molecule has 1 atom stereocenters. The van der Waals surface area contributed by atoms with E-state index >= 15 is 0 Å². The summed E-state index contributed by atoms with van der Waals surface area (Å²) in [4.78, 5) is 4.37. The fourth-order valence-electron chi connectivity index (χ4n) is 1.59. The lowest BCUT2D eigenvalue weighted by atomic mass is 10.3. The summed E-state index contributed by atoms with van der Waals surface area (Å²) in [6.45, 7) is 0.934. The van der Waals surface area contributed by atoms with Gasteiger partial charge in [-0.3, -0.25) is 10.4 Å². The third kappa shape index (κ3) is 2.68. The summed E-state index contributed by atoms with van der Waals surface area (Å²) in [5.41, 5.74) is 10.0. The number of amidine groups is 1. The molecule has 1 unspecified atom stereocenters. The summed E-state index contributed by atoms with van der Waals surface area (Å²) in [6.07, 6.45) is 2.88. The summed E-state index contributed by atoms with van der Waals surface area (Å²) >= 11 is 1.54. The van der Waals surface area contributed by atoms with Crippen LogP contribution in [0.25, 0.3) is 0 Å². The maximum absolute atomic E-state index is 5.75. The summed E-state index contributed by atoms with van der Waals surface area (Å²) in [7, 11) is 0. The molecule has 0 spiro atoms. The Morgan fingerprint density at radius 3 is 2.88 bits per heavy atom. The predicted octanol–water partition coefficient (Wildman–Crippen LogP) is 1.41. The number of hydrogen-bond donors (Lipinski definition) is 2. The number of aliphatic imine (C=N–C) groups is 1. The van der Waals surface area contributed by atoms with Gasteiger partial charge < -0.3 is 5.73 Å². The van der Waals surface area contributed by atoms with Gasteiger partial charge in [0.15, 0.2) is 0 Å². The Balaban J connectivity index is 2.01. The van der Waals surface area contributed by atoms with Crippen molar-refractivity contribution in [3.05, 3.63) is 30.3 Å². The van der Waals surface area contributed by atoms with E-state index in [1.54, 1.807) is 11.8 Å². The number of anilines is 1. The largest absolute Gasteiger partial charge is 0.301 e. The van der Waals surface area contributed by atoms with Crippen molar-refractivity contribution in [2.24, 2.45) is 10.7 Å². The highest BCUT2D eigenvalue weighted by atomic mass is 32.2. The Hall–Kier alpha value is -1.20. The minimum Gasteiger partial charge on any atom is -0.301 e. The molecular weight excluding hydrogens is 220 g/mol. The van der Waals surface area contributed by atoms with Crippen molar-refractivity contribution in [2.45, 2.75) is 11.9 Å². The van der Waals surface area contributed by atoms with E-state index < -0.39 is 0 Å². The Morgan fingerprint density at radius 1 is 1.44 bits per heavy atom. The molecule has 0 bridgehead atoms. The number of benzene rings is 1. The molecule has 0 aromatic heterocycles. The lowest BCUT2D eigenvalue weighted by Gasteiger charge is -2.17. The first-order valence-corrected chi connectivity index (χ1v) is 6.52. The number of para-hydroxylation sites is 1. The molecule has 1 fully saturated rings. The molecule has 1 aromatic rings. The summed E-state index contributed by atoms with van der Waals surface area (Å²) < 4.78 is 0. The molecule has 1 saturated heterocycles. The number of hydrogen-bond acceptors (Lipinski definition) is 4. The number of hydrazine groups is 1. The standard InChI is InChI=1S/C11H16N4S/c1-16-11(12)13-10-7-8-15(14-10)9-5-3-2-4-6-9/h2-6,11H,7-8,12H2,1H3,(H,13,14). The molecule has 86 valence electrons. The van der Waals surface area contributed by atoms with Gasteiger partial charge in [-0.15, -0.1) is 11.8 Å². The van der Waals surface area contributed by atoms with Gasteiger partial charge in [0.2, 0.25) is 0 Å². The van der Waals surface area contributed by atoms with E-state index in [0.717, 1.165) is 24.5 Å². The summed E-state index contributed by atoms with van der Waals surface area (Å²) in [5.74, 6) is 0.964. The van der Waals surface area contributed by atoms with Crippen LogP contribution < -0.4 is 16.2 Å². The minimum atomic E-state index is -0.168. The molecule has 0 aliphatic carbocycles. The van der Waals surface area contributed by atoms with E-state index in [1.807, 2.05) is 24.5 Å². The molecule has 0 radical (unpaired) electrons. The van der Waals surface area contributed by atoms with Gasteiger partial charge in [-0.25, -0.2) is 4.99 Å². The average molecular weight is 236 g/mol. The third-order valence-electron chi connectivity index (χ3n) is 2.43. The topological polar surface area (TPSA) is 53.6 Å². The Morgan fingerprint density at radius 2 is 2.19 bits per heavy atom. The monoisotopic (exact) mass is 236 g/mol. The van der Waals surface area contributed by atoms with Gasteiger partial charge in [-0.1, -0.05) is 18.2 Å². The zero-order chi connectivity index (χ0) is 11.4. The number of thioether (sulfide) groups is 1. The second-order valence-electron chi connectivity index (χ2n) is 3.55. The minimum absolute atomic E-state index is 0.168. The average Bonchev–Trinajstić information content (AvgIpc) is 2.78. The first-order valence-electron chi connectivity index (χ1n) is 5.24. The molecule has 16 heavy (non-hydrogen) atoms. The normalized spacial score (nSPS) is 19.9. The zero-order valence-corrected chi connectivity index (χ0v) is 10.1. The highest BCUT2D eigenvalue weighted by molar-refractivity contribution is 7.99. The van der Waals surface area contributed by atoms with Crippen LogP contribution in [0.4, 0.5) is 5.69 Å². The molecule has 0 saturated carbocycles. The van der Waals surface area contributed by atoms with Gasteiger partial charge in [0.05, 0.1) is 5.69 Å². The van der Waals surface area contributed by atoms with Gasteiger partial charge in [0, 0.05) is 13.0 Å². The second-order valence-corrected chi connectivity index (χ2v) is 4.51. The van der Waals surface area contributed by atoms with E-state index in [2.05, 4.69) is 27.6 Å². The molecular formula is C11H16N4S. The van der Waals surface area contributed by atoms with Crippen molar-refractivity contribution < 1.29 is 0 Å². The number of nitrogens with zero attached hydrogens (tertiary/aromatic N) is 2. The quantitative estimate of drug-likeness (QED) is 0.779. The van der Waals surface area contributed by atoms with Crippen LogP contribution in [-0.2, 0) is 0 Å². The van der Waals surface area contributed by atoms with E-state index in [4.69, 9.17) is 5.73 Å². The smallest absolute Gasteiger partial charge is 0.146 e. The van der Waals surface area contributed by atoms with E-state index in [1.165, 1.54) is 0 Å². The third-order valence-corrected chi connectivity index (χ3v) is 3.02. The van der Waals surface area contributed by atoms with Crippen LogP contribution in [0.3, 0.4) is 0 Å². The predicted molar refractivity (Wildman–Crippen MR) is 70.5 cm³/mol. The van der Waals surface area contributed by atoms with Crippen molar-refractivity contribution in [3.8, 4) is 0 Å². The summed E-state index contributed by atoms with van der Waals surface area (Å²) in [5, 5.41) is 2.09. The van der Waals surface area contributed by atoms with Crippen LogP contribution in [-0.4, -0.2) is 24.1 Å².